The smallest absolute Gasteiger partial charge is 0.265 e. The second-order valence-electron chi connectivity index (χ2n) is 4.93. The van der Waals surface area contributed by atoms with Crippen LogP contribution in [0.3, 0.4) is 0 Å². The van der Waals surface area contributed by atoms with Crippen LogP contribution in [0.15, 0.2) is 4.52 Å². The first-order valence-electron chi connectivity index (χ1n) is 5.71. The molecule has 0 saturated carbocycles. The van der Waals surface area contributed by atoms with Crippen molar-refractivity contribution in [1.29, 1.82) is 0 Å². The fourth-order valence-electron chi connectivity index (χ4n) is 1.19. The molecule has 0 bridgehead atoms. The van der Waals surface area contributed by atoms with Crippen LogP contribution in [0.1, 0.15) is 33.6 Å². The zero-order valence-corrected chi connectivity index (χ0v) is 10.9. The van der Waals surface area contributed by atoms with Gasteiger partial charge in [-0.15, -0.1) is 0 Å². The Hall–Kier alpha value is -1.10. The molecule has 5 nitrogen and oxygen atoms in total. The van der Waals surface area contributed by atoms with E-state index in [9.17, 15) is 0 Å². The quantitative estimate of drug-likeness (QED) is 0.823. The fraction of sp³-hybridized carbons (Fsp3) is 0.818. The molecule has 5 heteroatoms. The topological polar surface area (TPSA) is 54.2 Å². The van der Waals surface area contributed by atoms with Crippen molar-refractivity contribution >= 4 is 5.95 Å². The molecule has 1 aromatic rings. The summed E-state index contributed by atoms with van der Waals surface area (Å²) in [6.45, 7) is 10.2. The molecular formula is C11H22N4O. The van der Waals surface area contributed by atoms with Gasteiger partial charge >= 0.3 is 0 Å². The molecule has 0 saturated heterocycles. The van der Waals surface area contributed by atoms with Gasteiger partial charge in [0.05, 0.1) is 0 Å². The SMILES string of the molecule is CCN(C)c1noc(CCNC(C)(C)C)n1. The third-order valence-corrected chi connectivity index (χ3v) is 2.27. The van der Waals surface area contributed by atoms with Gasteiger partial charge in [0.2, 0.25) is 5.89 Å². The molecule has 92 valence electrons. The van der Waals surface area contributed by atoms with Crippen LogP contribution in [0.25, 0.3) is 0 Å². The maximum Gasteiger partial charge on any atom is 0.265 e. The summed E-state index contributed by atoms with van der Waals surface area (Å²) in [7, 11) is 1.95. The molecule has 0 spiro atoms. The maximum absolute atomic E-state index is 5.16. The summed E-state index contributed by atoms with van der Waals surface area (Å²) in [5, 5.41) is 7.30. The zero-order valence-electron chi connectivity index (χ0n) is 10.9. The highest BCUT2D eigenvalue weighted by Crippen LogP contribution is 2.07. The van der Waals surface area contributed by atoms with Crippen molar-refractivity contribution in [2.45, 2.75) is 39.7 Å². The summed E-state index contributed by atoms with van der Waals surface area (Å²) < 4.78 is 5.16. The van der Waals surface area contributed by atoms with Crippen LogP contribution in [-0.4, -0.2) is 35.8 Å². The Balaban J connectivity index is 2.41. The third kappa shape index (κ3) is 4.18. The first-order valence-corrected chi connectivity index (χ1v) is 5.71. The van der Waals surface area contributed by atoms with Crippen molar-refractivity contribution < 1.29 is 4.52 Å². The first kappa shape index (κ1) is 13.0. The first-order chi connectivity index (χ1) is 7.42. The maximum atomic E-state index is 5.16. The number of hydrogen-bond acceptors (Lipinski definition) is 5. The Morgan fingerprint density at radius 1 is 1.38 bits per heavy atom. The molecule has 0 atom stereocenters. The number of hydrogen-bond donors (Lipinski definition) is 1. The molecule has 0 unspecified atom stereocenters. The van der Waals surface area contributed by atoms with Gasteiger partial charge in [0.25, 0.3) is 5.95 Å². The lowest BCUT2D eigenvalue weighted by Gasteiger charge is -2.19. The molecule has 0 amide bonds. The van der Waals surface area contributed by atoms with Crippen molar-refractivity contribution in [3.8, 4) is 0 Å². The lowest BCUT2D eigenvalue weighted by atomic mass is 10.1. The van der Waals surface area contributed by atoms with Crippen molar-refractivity contribution in [3.05, 3.63) is 5.89 Å². The molecule has 0 fully saturated rings. The molecule has 0 aliphatic rings. The van der Waals surface area contributed by atoms with Crippen molar-refractivity contribution in [1.82, 2.24) is 15.5 Å². The lowest BCUT2D eigenvalue weighted by Crippen LogP contribution is -2.37. The molecule has 16 heavy (non-hydrogen) atoms. The van der Waals surface area contributed by atoms with Crippen LogP contribution in [-0.2, 0) is 6.42 Å². The molecule has 0 radical (unpaired) electrons. The molecule has 1 heterocycles. The van der Waals surface area contributed by atoms with Crippen LogP contribution in [0.5, 0.6) is 0 Å². The average Bonchev–Trinajstić information content (AvgIpc) is 2.63. The monoisotopic (exact) mass is 226 g/mol. The van der Waals surface area contributed by atoms with E-state index in [1.807, 2.05) is 11.9 Å². The molecule has 1 aromatic heterocycles. The number of rotatable bonds is 5. The van der Waals surface area contributed by atoms with Gasteiger partial charge in [-0.2, -0.15) is 4.98 Å². The van der Waals surface area contributed by atoms with E-state index in [1.165, 1.54) is 0 Å². The van der Waals surface area contributed by atoms with Gasteiger partial charge in [0.15, 0.2) is 0 Å². The summed E-state index contributed by atoms with van der Waals surface area (Å²) in [4.78, 5) is 6.26. The van der Waals surface area contributed by atoms with E-state index in [0.717, 1.165) is 19.5 Å². The fourth-order valence-corrected chi connectivity index (χ4v) is 1.19. The summed E-state index contributed by atoms with van der Waals surface area (Å²) in [5.41, 5.74) is 0.128. The van der Waals surface area contributed by atoms with Crippen LogP contribution in [0, 0.1) is 0 Å². The predicted molar refractivity (Wildman–Crippen MR) is 64.7 cm³/mol. The zero-order chi connectivity index (χ0) is 12.2. The number of nitrogens with one attached hydrogen (secondary N) is 1. The van der Waals surface area contributed by atoms with Crippen LogP contribution < -0.4 is 10.2 Å². The van der Waals surface area contributed by atoms with Gasteiger partial charge in [-0.1, -0.05) is 0 Å². The Labute approximate surface area is 97.2 Å². The molecule has 1 rings (SSSR count). The Bertz CT molecular complexity index is 316. The summed E-state index contributed by atoms with van der Waals surface area (Å²) in [5.74, 6) is 1.35. The Morgan fingerprint density at radius 2 is 2.06 bits per heavy atom. The van der Waals surface area contributed by atoms with Crippen molar-refractivity contribution in [2.24, 2.45) is 0 Å². The highest BCUT2D eigenvalue weighted by Gasteiger charge is 2.11. The van der Waals surface area contributed by atoms with Crippen LogP contribution in [0.2, 0.25) is 0 Å². The molecule has 0 aromatic carbocycles. The van der Waals surface area contributed by atoms with E-state index in [4.69, 9.17) is 4.52 Å². The summed E-state index contributed by atoms with van der Waals surface area (Å²) >= 11 is 0. The summed E-state index contributed by atoms with van der Waals surface area (Å²) in [6.07, 6.45) is 0.766. The van der Waals surface area contributed by atoms with E-state index < -0.39 is 0 Å². The minimum absolute atomic E-state index is 0.128. The number of nitrogens with zero attached hydrogens (tertiary/aromatic N) is 3. The van der Waals surface area contributed by atoms with Gasteiger partial charge in [-0.05, 0) is 32.9 Å². The van der Waals surface area contributed by atoms with E-state index in [-0.39, 0.29) is 5.54 Å². The molecular weight excluding hydrogens is 204 g/mol. The van der Waals surface area contributed by atoms with Crippen LogP contribution >= 0.6 is 0 Å². The summed E-state index contributed by atoms with van der Waals surface area (Å²) in [6, 6.07) is 0. The largest absolute Gasteiger partial charge is 0.342 e. The highest BCUT2D eigenvalue weighted by molar-refractivity contribution is 5.25. The van der Waals surface area contributed by atoms with Gasteiger partial charge in [0.1, 0.15) is 0 Å². The number of aromatic nitrogens is 2. The molecule has 0 aliphatic heterocycles. The second kappa shape index (κ2) is 5.30. The van der Waals surface area contributed by atoms with Gasteiger partial charge in [-0.3, -0.25) is 0 Å². The van der Waals surface area contributed by atoms with E-state index in [0.29, 0.717) is 11.8 Å². The molecule has 1 N–H and O–H groups in total. The normalized spacial score (nSPS) is 11.8. The van der Waals surface area contributed by atoms with Gasteiger partial charge < -0.3 is 14.7 Å². The Morgan fingerprint density at radius 3 is 2.62 bits per heavy atom. The Kier molecular flexibility index (Phi) is 4.29. The minimum Gasteiger partial charge on any atom is -0.342 e. The average molecular weight is 226 g/mol. The van der Waals surface area contributed by atoms with Crippen molar-refractivity contribution in [3.63, 3.8) is 0 Å². The predicted octanol–water partition coefficient (Wildman–Crippen LogP) is 1.46. The van der Waals surface area contributed by atoms with Gasteiger partial charge in [0, 0.05) is 32.1 Å². The van der Waals surface area contributed by atoms with E-state index >= 15 is 0 Å². The highest BCUT2D eigenvalue weighted by atomic mass is 16.5. The second-order valence-corrected chi connectivity index (χ2v) is 4.93. The van der Waals surface area contributed by atoms with Gasteiger partial charge in [-0.25, -0.2) is 0 Å². The van der Waals surface area contributed by atoms with Crippen LogP contribution in [0.4, 0.5) is 5.95 Å². The van der Waals surface area contributed by atoms with E-state index in [1.54, 1.807) is 0 Å². The number of anilines is 1. The third-order valence-electron chi connectivity index (χ3n) is 2.27. The minimum atomic E-state index is 0.128. The van der Waals surface area contributed by atoms with Crippen molar-refractivity contribution in [2.75, 3.05) is 25.0 Å². The standard InChI is InChI=1S/C11H22N4O/c1-6-15(5)10-13-9(16-14-10)7-8-12-11(2,3)4/h12H,6-8H2,1-5H3. The lowest BCUT2D eigenvalue weighted by molar-refractivity contribution is 0.361. The molecule has 0 aliphatic carbocycles. The van der Waals surface area contributed by atoms with E-state index in [2.05, 4.69) is 43.2 Å².